The van der Waals surface area contributed by atoms with Gasteiger partial charge in [-0.05, 0) is 24.3 Å². The number of benzene rings is 1. The molecule has 0 N–H and O–H groups in total. The summed E-state index contributed by atoms with van der Waals surface area (Å²) in [7, 11) is 0. The van der Waals surface area contributed by atoms with Crippen molar-refractivity contribution in [2.45, 2.75) is 0 Å². The van der Waals surface area contributed by atoms with E-state index < -0.39 is 11.6 Å². The lowest BCUT2D eigenvalue weighted by molar-refractivity contribution is 0.509. The zero-order valence-electron chi connectivity index (χ0n) is 10.4. The van der Waals surface area contributed by atoms with Crippen molar-refractivity contribution in [1.82, 2.24) is 14.8 Å². The molecule has 2 heterocycles. The summed E-state index contributed by atoms with van der Waals surface area (Å²) in [6.45, 7) is 0. The van der Waals surface area contributed by atoms with Gasteiger partial charge in [0.25, 0.3) is 0 Å². The minimum atomic E-state index is -0.929. The Labute approximate surface area is 128 Å². The normalized spacial score (nSPS) is 10.9. The monoisotopic (exact) mass is 325 g/mol. The van der Waals surface area contributed by atoms with E-state index in [9.17, 15) is 8.78 Å². The smallest absolute Gasteiger partial charge is 0.159 e. The predicted octanol–water partition coefficient (Wildman–Crippen LogP) is 4.52. The SMILES string of the molecule is Fc1ccc(-c2ccn(-c3c(Cl)cncc3Cl)n2)cc1F. The summed E-state index contributed by atoms with van der Waals surface area (Å²) >= 11 is 12.1. The van der Waals surface area contributed by atoms with E-state index in [1.54, 1.807) is 12.3 Å². The summed E-state index contributed by atoms with van der Waals surface area (Å²) in [5.74, 6) is -1.83. The van der Waals surface area contributed by atoms with Crippen LogP contribution in [-0.4, -0.2) is 14.8 Å². The first-order chi connectivity index (χ1) is 10.1. The topological polar surface area (TPSA) is 30.7 Å². The van der Waals surface area contributed by atoms with Crippen LogP contribution in [0, 0.1) is 11.6 Å². The van der Waals surface area contributed by atoms with Gasteiger partial charge >= 0.3 is 0 Å². The van der Waals surface area contributed by atoms with Crippen molar-refractivity contribution in [2.24, 2.45) is 0 Å². The first-order valence-electron chi connectivity index (χ1n) is 5.87. The molecule has 0 saturated carbocycles. The number of hydrogen-bond acceptors (Lipinski definition) is 2. The largest absolute Gasteiger partial charge is 0.261 e. The van der Waals surface area contributed by atoms with E-state index in [1.807, 2.05) is 0 Å². The van der Waals surface area contributed by atoms with Crippen LogP contribution in [0.5, 0.6) is 0 Å². The van der Waals surface area contributed by atoms with Crippen molar-refractivity contribution in [3.63, 3.8) is 0 Å². The Morgan fingerprint density at radius 1 is 0.952 bits per heavy atom. The second-order valence-corrected chi connectivity index (χ2v) is 5.04. The Balaban J connectivity index is 2.06. The van der Waals surface area contributed by atoms with Crippen molar-refractivity contribution in [1.29, 1.82) is 0 Å². The molecule has 0 aliphatic rings. The molecule has 106 valence electrons. The lowest BCUT2D eigenvalue weighted by Gasteiger charge is -2.05. The standard InChI is InChI=1S/C14H7Cl2F2N3/c15-9-6-19-7-10(16)14(9)21-4-3-13(20-21)8-1-2-11(17)12(18)5-8/h1-7H. The van der Waals surface area contributed by atoms with Gasteiger partial charge in [0.15, 0.2) is 11.6 Å². The summed E-state index contributed by atoms with van der Waals surface area (Å²) in [4.78, 5) is 3.86. The number of rotatable bonds is 2. The van der Waals surface area contributed by atoms with Gasteiger partial charge in [0.1, 0.15) is 5.69 Å². The van der Waals surface area contributed by atoms with Gasteiger partial charge < -0.3 is 0 Å². The maximum absolute atomic E-state index is 13.3. The maximum Gasteiger partial charge on any atom is 0.159 e. The quantitative estimate of drug-likeness (QED) is 0.693. The molecule has 0 bridgehead atoms. The molecule has 3 aromatic rings. The van der Waals surface area contributed by atoms with Crippen LogP contribution < -0.4 is 0 Å². The van der Waals surface area contributed by atoms with Gasteiger partial charge in [0, 0.05) is 24.2 Å². The summed E-state index contributed by atoms with van der Waals surface area (Å²) < 4.78 is 27.7. The van der Waals surface area contributed by atoms with E-state index in [1.165, 1.54) is 23.1 Å². The second-order valence-electron chi connectivity index (χ2n) is 4.23. The van der Waals surface area contributed by atoms with Gasteiger partial charge in [-0.3, -0.25) is 4.98 Å². The van der Waals surface area contributed by atoms with Crippen LogP contribution in [0.4, 0.5) is 8.78 Å². The second kappa shape index (κ2) is 5.42. The molecule has 2 aromatic heterocycles. The van der Waals surface area contributed by atoms with E-state index >= 15 is 0 Å². The molecule has 0 saturated heterocycles. The van der Waals surface area contributed by atoms with Crippen molar-refractivity contribution >= 4 is 23.2 Å². The van der Waals surface area contributed by atoms with Crippen LogP contribution in [0.25, 0.3) is 16.9 Å². The van der Waals surface area contributed by atoms with Crippen LogP contribution in [-0.2, 0) is 0 Å². The van der Waals surface area contributed by atoms with Gasteiger partial charge in [-0.15, -0.1) is 0 Å². The van der Waals surface area contributed by atoms with E-state index in [2.05, 4.69) is 10.1 Å². The lowest BCUT2D eigenvalue weighted by Crippen LogP contribution is -1.98. The average molecular weight is 326 g/mol. The van der Waals surface area contributed by atoms with E-state index in [4.69, 9.17) is 23.2 Å². The number of halogens is 4. The van der Waals surface area contributed by atoms with Crippen molar-refractivity contribution in [3.8, 4) is 16.9 Å². The van der Waals surface area contributed by atoms with E-state index in [0.717, 1.165) is 12.1 Å². The highest BCUT2D eigenvalue weighted by Gasteiger charge is 2.12. The van der Waals surface area contributed by atoms with Crippen LogP contribution in [0.1, 0.15) is 0 Å². The Bertz CT molecular complexity index is 797. The summed E-state index contributed by atoms with van der Waals surface area (Å²) in [6, 6.07) is 5.23. The van der Waals surface area contributed by atoms with Crippen LogP contribution in [0.3, 0.4) is 0 Å². The van der Waals surface area contributed by atoms with Crippen LogP contribution in [0.2, 0.25) is 10.0 Å². The zero-order valence-corrected chi connectivity index (χ0v) is 11.9. The fourth-order valence-electron chi connectivity index (χ4n) is 1.88. The molecule has 1 aromatic carbocycles. The highest BCUT2D eigenvalue weighted by molar-refractivity contribution is 6.37. The third-order valence-corrected chi connectivity index (χ3v) is 3.41. The minimum absolute atomic E-state index is 0.336. The molecule has 0 spiro atoms. The Kier molecular flexibility index (Phi) is 3.61. The van der Waals surface area contributed by atoms with Gasteiger partial charge in [-0.2, -0.15) is 5.10 Å². The third kappa shape index (κ3) is 2.62. The molecule has 0 unspecified atom stereocenters. The molecule has 3 nitrogen and oxygen atoms in total. The van der Waals surface area contributed by atoms with Gasteiger partial charge in [0.2, 0.25) is 0 Å². The molecule has 0 atom stereocenters. The fraction of sp³-hybridized carbons (Fsp3) is 0. The molecule has 3 rings (SSSR count). The molecule has 0 aliphatic heterocycles. The molecular formula is C14H7Cl2F2N3. The van der Waals surface area contributed by atoms with Crippen LogP contribution in [0.15, 0.2) is 42.9 Å². The van der Waals surface area contributed by atoms with Crippen LogP contribution >= 0.6 is 23.2 Å². The Hall–Kier alpha value is -1.98. The minimum Gasteiger partial charge on any atom is -0.261 e. The van der Waals surface area contributed by atoms with Crippen molar-refractivity contribution < 1.29 is 8.78 Å². The summed E-state index contributed by atoms with van der Waals surface area (Å²) in [6.07, 6.45) is 4.52. The number of aromatic nitrogens is 3. The Morgan fingerprint density at radius 2 is 1.67 bits per heavy atom. The maximum atomic E-state index is 13.3. The highest BCUT2D eigenvalue weighted by Crippen LogP contribution is 2.28. The molecule has 7 heteroatoms. The molecule has 0 amide bonds. The number of pyridine rings is 1. The molecule has 0 fully saturated rings. The summed E-state index contributed by atoms with van der Waals surface area (Å²) in [5.41, 5.74) is 1.40. The molecule has 0 radical (unpaired) electrons. The fourth-order valence-corrected chi connectivity index (χ4v) is 2.42. The van der Waals surface area contributed by atoms with Gasteiger partial charge in [-0.1, -0.05) is 23.2 Å². The highest BCUT2D eigenvalue weighted by atomic mass is 35.5. The van der Waals surface area contributed by atoms with E-state index in [0.29, 0.717) is 27.0 Å². The van der Waals surface area contributed by atoms with E-state index in [-0.39, 0.29) is 0 Å². The van der Waals surface area contributed by atoms with Gasteiger partial charge in [-0.25, -0.2) is 13.5 Å². The summed E-state index contributed by atoms with van der Waals surface area (Å²) in [5, 5.41) is 4.95. The number of nitrogens with zero attached hydrogens (tertiary/aromatic N) is 3. The first kappa shape index (κ1) is 14.0. The predicted molar refractivity (Wildman–Crippen MR) is 76.7 cm³/mol. The lowest BCUT2D eigenvalue weighted by atomic mass is 10.1. The van der Waals surface area contributed by atoms with Gasteiger partial charge in [0.05, 0.1) is 15.7 Å². The number of hydrogen-bond donors (Lipinski definition) is 0. The first-order valence-corrected chi connectivity index (χ1v) is 6.62. The Morgan fingerprint density at radius 3 is 2.33 bits per heavy atom. The van der Waals surface area contributed by atoms with Crippen molar-refractivity contribution in [3.05, 3.63) is 64.5 Å². The van der Waals surface area contributed by atoms with Crippen molar-refractivity contribution in [2.75, 3.05) is 0 Å². The molecule has 0 aliphatic carbocycles. The third-order valence-electron chi connectivity index (χ3n) is 2.86. The molecular weight excluding hydrogens is 319 g/mol. The molecule has 21 heavy (non-hydrogen) atoms. The average Bonchev–Trinajstić information content (AvgIpc) is 2.91. The zero-order chi connectivity index (χ0) is 15.0.